The first kappa shape index (κ1) is 11.6. The largest absolute Gasteiger partial charge is 0.428 e. The lowest BCUT2D eigenvalue weighted by atomic mass is 10.3. The summed E-state index contributed by atoms with van der Waals surface area (Å²) in [7, 11) is 0. The summed E-state index contributed by atoms with van der Waals surface area (Å²) in [5.74, 6) is -1.38. The molecule has 0 bridgehead atoms. The van der Waals surface area contributed by atoms with E-state index in [9.17, 15) is 14.0 Å². The summed E-state index contributed by atoms with van der Waals surface area (Å²) in [6.45, 7) is 1.19. The van der Waals surface area contributed by atoms with Gasteiger partial charge in [-0.25, -0.2) is 0 Å². The SMILES string of the molecule is CC(=O)CC(=O)OC(F)C(Cl)Cl. The van der Waals surface area contributed by atoms with Crippen molar-refractivity contribution < 1.29 is 18.7 Å². The second-order valence-electron chi connectivity index (χ2n) is 2.05. The number of carbonyl (C=O) groups is 2. The van der Waals surface area contributed by atoms with Gasteiger partial charge in [0.1, 0.15) is 12.2 Å². The highest BCUT2D eigenvalue weighted by Gasteiger charge is 2.20. The van der Waals surface area contributed by atoms with Crippen molar-refractivity contribution in [2.24, 2.45) is 0 Å². The molecule has 0 saturated heterocycles. The molecular formula is C6H7Cl2FO3. The lowest BCUT2D eigenvalue weighted by Gasteiger charge is -2.08. The number of ether oxygens (including phenoxy) is 1. The number of esters is 1. The molecular weight excluding hydrogens is 210 g/mol. The van der Waals surface area contributed by atoms with Crippen LogP contribution in [0.15, 0.2) is 0 Å². The van der Waals surface area contributed by atoms with Crippen molar-refractivity contribution >= 4 is 35.0 Å². The van der Waals surface area contributed by atoms with E-state index >= 15 is 0 Å². The Balaban J connectivity index is 3.77. The number of halogens is 3. The molecule has 0 saturated carbocycles. The van der Waals surface area contributed by atoms with Crippen LogP contribution in [-0.4, -0.2) is 22.9 Å². The van der Waals surface area contributed by atoms with Crippen molar-refractivity contribution in [2.45, 2.75) is 24.5 Å². The molecule has 0 fully saturated rings. The van der Waals surface area contributed by atoms with E-state index in [2.05, 4.69) is 4.74 Å². The first-order valence-corrected chi connectivity index (χ1v) is 3.92. The van der Waals surface area contributed by atoms with Gasteiger partial charge in [-0.1, -0.05) is 23.2 Å². The first-order valence-electron chi connectivity index (χ1n) is 3.04. The Kier molecular flexibility index (Phi) is 5.17. The Hall–Kier alpha value is -0.350. The fourth-order valence-corrected chi connectivity index (χ4v) is 0.525. The highest BCUT2D eigenvalue weighted by molar-refractivity contribution is 6.44. The molecule has 0 amide bonds. The van der Waals surface area contributed by atoms with Crippen molar-refractivity contribution in [1.29, 1.82) is 0 Å². The first-order chi connectivity index (χ1) is 5.43. The number of Topliss-reactive ketones (excluding diaryl/α,β-unsaturated/α-hetero) is 1. The monoisotopic (exact) mass is 216 g/mol. The molecule has 0 spiro atoms. The van der Waals surface area contributed by atoms with E-state index in [1.165, 1.54) is 6.92 Å². The second kappa shape index (κ2) is 5.32. The summed E-state index contributed by atoms with van der Waals surface area (Å²) in [6.07, 6.45) is -2.55. The molecule has 0 aromatic carbocycles. The van der Waals surface area contributed by atoms with E-state index in [0.717, 1.165) is 0 Å². The van der Waals surface area contributed by atoms with Gasteiger partial charge in [-0.15, -0.1) is 0 Å². The predicted molar refractivity (Wildman–Crippen MR) is 41.8 cm³/mol. The maximum atomic E-state index is 12.4. The van der Waals surface area contributed by atoms with E-state index in [4.69, 9.17) is 23.2 Å². The van der Waals surface area contributed by atoms with Gasteiger partial charge in [0.25, 0.3) is 6.36 Å². The molecule has 0 aliphatic rings. The summed E-state index contributed by atoms with van der Waals surface area (Å²) in [5, 5.41) is 0. The third-order valence-corrected chi connectivity index (χ3v) is 1.23. The summed E-state index contributed by atoms with van der Waals surface area (Å²) in [6, 6.07) is 0. The molecule has 70 valence electrons. The van der Waals surface area contributed by atoms with Gasteiger partial charge >= 0.3 is 5.97 Å². The highest BCUT2D eigenvalue weighted by Crippen LogP contribution is 2.13. The maximum Gasteiger partial charge on any atom is 0.315 e. The van der Waals surface area contributed by atoms with Crippen LogP contribution in [0.1, 0.15) is 13.3 Å². The minimum atomic E-state index is -2.08. The van der Waals surface area contributed by atoms with Crippen molar-refractivity contribution in [2.75, 3.05) is 0 Å². The number of rotatable bonds is 4. The quantitative estimate of drug-likeness (QED) is 0.408. The van der Waals surface area contributed by atoms with Crippen LogP contribution in [0, 0.1) is 0 Å². The summed E-state index contributed by atoms with van der Waals surface area (Å²) in [5.41, 5.74) is 0. The number of hydrogen-bond acceptors (Lipinski definition) is 3. The summed E-state index contributed by atoms with van der Waals surface area (Å²) >= 11 is 10.1. The zero-order valence-corrected chi connectivity index (χ0v) is 7.73. The van der Waals surface area contributed by atoms with Crippen LogP contribution in [0.5, 0.6) is 0 Å². The van der Waals surface area contributed by atoms with E-state index in [1.54, 1.807) is 0 Å². The van der Waals surface area contributed by atoms with E-state index in [0.29, 0.717) is 0 Å². The molecule has 1 unspecified atom stereocenters. The van der Waals surface area contributed by atoms with Crippen LogP contribution in [-0.2, 0) is 14.3 Å². The van der Waals surface area contributed by atoms with Gasteiger partial charge < -0.3 is 4.74 Å². The summed E-state index contributed by atoms with van der Waals surface area (Å²) in [4.78, 5) is 19.5. The Labute approximate surface area is 78.8 Å². The lowest BCUT2D eigenvalue weighted by Crippen LogP contribution is -2.20. The smallest absolute Gasteiger partial charge is 0.315 e. The van der Waals surface area contributed by atoms with Crippen LogP contribution in [0.4, 0.5) is 4.39 Å². The fourth-order valence-electron chi connectivity index (χ4n) is 0.422. The van der Waals surface area contributed by atoms with Gasteiger partial charge in [0.05, 0.1) is 0 Å². The zero-order valence-electron chi connectivity index (χ0n) is 6.22. The molecule has 1 atom stereocenters. The highest BCUT2D eigenvalue weighted by atomic mass is 35.5. The van der Waals surface area contributed by atoms with Crippen LogP contribution < -0.4 is 0 Å². The van der Waals surface area contributed by atoms with Crippen molar-refractivity contribution in [3.8, 4) is 0 Å². The standard InChI is InChI=1S/C6H7Cl2FO3/c1-3(10)2-4(11)12-6(9)5(7)8/h5-6H,2H2,1H3. The van der Waals surface area contributed by atoms with Crippen LogP contribution in [0.3, 0.4) is 0 Å². The minimum Gasteiger partial charge on any atom is -0.428 e. The molecule has 6 heteroatoms. The normalized spacial score (nSPS) is 12.8. The third kappa shape index (κ3) is 5.32. The fraction of sp³-hybridized carbons (Fsp3) is 0.667. The molecule has 0 rings (SSSR count). The molecule has 0 radical (unpaired) electrons. The number of carbonyl (C=O) groups excluding carboxylic acids is 2. The van der Waals surface area contributed by atoms with Crippen molar-refractivity contribution in [3.63, 3.8) is 0 Å². The molecule has 0 N–H and O–H groups in total. The molecule has 0 aliphatic heterocycles. The molecule has 3 nitrogen and oxygen atoms in total. The van der Waals surface area contributed by atoms with E-state index in [1.807, 2.05) is 0 Å². The van der Waals surface area contributed by atoms with E-state index < -0.39 is 29.4 Å². The Bertz CT molecular complexity index is 184. The molecule has 0 heterocycles. The third-order valence-electron chi connectivity index (χ3n) is 0.835. The average molecular weight is 217 g/mol. The molecule has 0 aromatic heterocycles. The van der Waals surface area contributed by atoms with Gasteiger partial charge in [-0.3, -0.25) is 9.59 Å². The molecule has 12 heavy (non-hydrogen) atoms. The number of alkyl halides is 3. The number of hydrogen-bond donors (Lipinski definition) is 0. The van der Waals surface area contributed by atoms with Crippen LogP contribution in [0.2, 0.25) is 0 Å². The summed E-state index contributed by atoms with van der Waals surface area (Å²) < 4.78 is 16.4. The van der Waals surface area contributed by atoms with Gasteiger partial charge in [0, 0.05) is 0 Å². The number of ketones is 1. The van der Waals surface area contributed by atoms with Crippen LogP contribution in [0.25, 0.3) is 0 Å². The van der Waals surface area contributed by atoms with Crippen molar-refractivity contribution in [1.82, 2.24) is 0 Å². The Morgan fingerprint density at radius 2 is 2.00 bits per heavy atom. The van der Waals surface area contributed by atoms with E-state index in [-0.39, 0.29) is 0 Å². The lowest BCUT2D eigenvalue weighted by molar-refractivity contribution is -0.157. The van der Waals surface area contributed by atoms with Crippen LogP contribution >= 0.6 is 23.2 Å². The Morgan fingerprint density at radius 3 is 2.33 bits per heavy atom. The second-order valence-corrected chi connectivity index (χ2v) is 3.22. The zero-order chi connectivity index (χ0) is 9.72. The predicted octanol–water partition coefficient (Wildman–Crippen LogP) is 1.61. The van der Waals surface area contributed by atoms with Gasteiger partial charge in [-0.2, -0.15) is 4.39 Å². The molecule has 0 aliphatic carbocycles. The molecule has 0 aromatic rings. The topological polar surface area (TPSA) is 43.4 Å². The average Bonchev–Trinajstić information content (AvgIpc) is 1.84. The van der Waals surface area contributed by atoms with Gasteiger partial charge in [-0.05, 0) is 6.92 Å². The Morgan fingerprint density at radius 1 is 1.50 bits per heavy atom. The van der Waals surface area contributed by atoms with Gasteiger partial charge in [0.2, 0.25) is 0 Å². The van der Waals surface area contributed by atoms with Gasteiger partial charge in [0.15, 0.2) is 4.84 Å². The maximum absolute atomic E-state index is 12.4. The minimum absolute atomic E-state index is 0.409. The van der Waals surface area contributed by atoms with Crippen molar-refractivity contribution in [3.05, 3.63) is 0 Å².